The second-order valence-electron chi connectivity index (χ2n) is 6.52. The number of carbonyl (C=O) groups is 1. The summed E-state index contributed by atoms with van der Waals surface area (Å²) in [6.07, 6.45) is 4.85. The average molecular weight is 427 g/mol. The van der Waals surface area contributed by atoms with Crippen molar-refractivity contribution in [3.63, 3.8) is 0 Å². The lowest BCUT2D eigenvalue weighted by molar-refractivity contribution is 0.0696. The average Bonchev–Trinajstić information content (AvgIpc) is 3.15. The monoisotopic (exact) mass is 426 g/mol. The molecule has 0 saturated heterocycles. The van der Waals surface area contributed by atoms with Crippen molar-refractivity contribution in [2.45, 2.75) is 6.92 Å². The fourth-order valence-corrected chi connectivity index (χ4v) is 3.46. The molecule has 0 aliphatic carbocycles. The third-order valence-electron chi connectivity index (χ3n) is 4.69. The number of nitrogens with one attached hydrogen (secondary N) is 1. The molecule has 152 valence electrons. The number of imidazole rings is 1. The van der Waals surface area contributed by atoms with Crippen molar-refractivity contribution in [2.75, 3.05) is 12.4 Å². The Bertz CT molecular complexity index is 1290. The fourth-order valence-electron chi connectivity index (χ4n) is 3.21. The number of carboxylic acids is 1. The van der Waals surface area contributed by atoms with Crippen LogP contribution in [-0.4, -0.2) is 32.6 Å². The molecule has 0 radical (unpaired) electrons. The summed E-state index contributed by atoms with van der Waals surface area (Å²) in [6.45, 7) is 1.72. The van der Waals surface area contributed by atoms with Crippen molar-refractivity contribution >= 4 is 34.7 Å². The van der Waals surface area contributed by atoms with E-state index in [4.69, 9.17) is 16.3 Å². The SMILES string of the molecule is COc1ccc(-c2cnc3c(Nc4ccc(C(=O)O)c(C)c4)nccn23)c(Cl)c1F. The van der Waals surface area contributed by atoms with Gasteiger partial charge in [-0.05, 0) is 42.8 Å². The zero-order valence-corrected chi connectivity index (χ0v) is 16.7. The number of hydrogen-bond acceptors (Lipinski definition) is 5. The Morgan fingerprint density at radius 3 is 2.77 bits per heavy atom. The molecule has 4 rings (SSSR count). The van der Waals surface area contributed by atoms with Gasteiger partial charge in [-0.3, -0.25) is 4.40 Å². The maximum Gasteiger partial charge on any atom is 0.335 e. The number of ether oxygens (including phenoxy) is 1. The number of fused-ring (bicyclic) bond motifs is 1. The highest BCUT2D eigenvalue weighted by molar-refractivity contribution is 6.33. The molecule has 0 saturated carbocycles. The molecule has 0 unspecified atom stereocenters. The summed E-state index contributed by atoms with van der Waals surface area (Å²) in [5.74, 6) is -1.12. The lowest BCUT2D eigenvalue weighted by Crippen LogP contribution is -2.02. The van der Waals surface area contributed by atoms with E-state index in [0.29, 0.717) is 34.0 Å². The fraction of sp³-hybridized carbons (Fsp3) is 0.0952. The molecule has 4 aromatic rings. The quantitative estimate of drug-likeness (QED) is 0.469. The molecule has 0 spiro atoms. The smallest absolute Gasteiger partial charge is 0.335 e. The first-order valence-electron chi connectivity index (χ1n) is 8.86. The van der Waals surface area contributed by atoms with Gasteiger partial charge in [0.25, 0.3) is 0 Å². The molecule has 2 aromatic carbocycles. The molecule has 0 aliphatic heterocycles. The summed E-state index contributed by atoms with van der Waals surface area (Å²) < 4.78 is 21.1. The van der Waals surface area contributed by atoms with Gasteiger partial charge in [0.2, 0.25) is 0 Å². The maximum absolute atomic E-state index is 14.4. The molecule has 9 heteroatoms. The Kier molecular flexibility index (Phi) is 5.01. The van der Waals surface area contributed by atoms with E-state index in [0.717, 1.165) is 0 Å². The van der Waals surface area contributed by atoms with Gasteiger partial charge in [0, 0.05) is 23.6 Å². The molecule has 0 aliphatic rings. The van der Waals surface area contributed by atoms with Crippen LogP contribution < -0.4 is 10.1 Å². The number of aromatic carboxylic acids is 1. The topological polar surface area (TPSA) is 88.8 Å². The van der Waals surface area contributed by atoms with Gasteiger partial charge in [-0.1, -0.05) is 11.6 Å². The van der Waals surface area contributed by atoms with Crippen molar-refractivity contribution in [2.24, 2.45) is 0 Å². The molecule has 30 heavy (non-hydrogen) atoms. The number of anilines is 2. The number of methoxy groups -OCH3 is 1. The van der Waals surface area contributed by atoms with Crippen molar-refractivity contribution in [3.8, 4) is 17.0 Å². The summed E-state index contributed by atoms with van der Waals surface area (Å²) in [5.41, 5.74) is 3.05. The van der Waals surface area contributed by atoms with Crippen molar-refractivity contribution < 1.29 is 19.0 Å². The lowest BCUT2D eigenvalue weighted by atomic mass is 10.1. The first-order chi connectivity index (χ1) is 14.4. The zero-order chi connectivity index (χ0) is 21.4. The van der Waals surface area contributed by atoms with E-state index in [1.807, 2.05) is 0 Å². The number of hydrogen-bond donors (Lipinski definition) is 2. The number of rotatable bonds is 5. The summed E-state index contributed by atoms with van der Waals surface area (Å²) in [5, 5.41) is 12.3. The van der Waals surface area contributed by atoms with Crippen LogP contribution >= 0.6 is 11.6 Å². The number of nitrogens with zero attached hydrogens (tertiary/aromatic N) is 3. The molecule has 2 heterocycles. The van der Waals surface area contributed by atoms with Crippen LogP contribution in [0.1, 0.15) is 15.9 Å². The summed E-state index contributed by atoms with van der Waals surface area (Å²) in [6, 6.07) is 8.06. The van der Waals surface area contributed by atoms with Crippen LogP contribution in [-0.2, 0) is 0 Å². The highest BCUT2D eigenvalue weighted by atomic mass is 35.5. The minimum Gasteiger partial charge on any atom is -0.494 e. The Hall–Kier alpha value is -3.65. The number of carboxylic acid groups (broad SMARTS) is 1. The van der Waals surface area contributed by atoms with Gasteiger partial charge in [0.05, 0.1) is 29.6 Å². The Labute approximate surface area is 175 Å². The van der Waals surface area contributed by atoms with E-state index >= 15 is 0 Å². The lowest BCUT2D eigenvalue weighted by Gasteiger charge is -2.11. The van der Waals surface area contributed by atoms with Crippen LogP contribution in [0.3, 0.4) is 0 Å². The number of benzene rings is 2. The second-order valence-corrected chi connectivity index (χ2v) is 6.89. The number of aromatic nitrogens is 3. The molecule has 7 nitrogen and oxygen atoms in total. The van der Waals surface area contributed by atoms with Crippen LogP contribution in [0, 0.1) is 12.7 Å². The molecule has 0 amide bonds. The van der Waals surface area contributed by atoms with Crippen molar-refractivity contribution in [1.29, 1.82) is 0 Å². The minimum atomic E-state index is -0.985. The highest BCUT2D eigenvalue weighted by Crippen LogP contribution is 2.35. The first kappa shape index (κ1) is 19.7. The molecule has 0 atom stereocenters. The second kappa shape index (κ2) is 7.64. The minimum absolute atomic E-state index is 0.0572. The van der Waals surface area contributed by atoms with E-state index < -0.39 is 11.8 Å². The molecule has 2 aromatic heterocycles. The van der Waals surface area contributed by atoms with E-state index in [1.165, 1.54) is 19.2 Å². The van der Waals surface area contributed by atoms with Crippen LogP contribution in [0.25, 0.3) is 16.9 Å². The maximum atomic E-state index is 14.4. The van der Waals surface area contributed by atoms with Gasteiger partial charge < -0.3 is 15.2 Å². The van der Waals surface area contributed by atoms with Gasteiger partial charge >= 0.3 is 5.97 Å². The Morgan fingerprint density at radius 1 is 1.27 bits per heavy atom. The van der Waals surface area contributed by atoms with E-state index in [-0.39, 0.29) is 16.3 Å². The highest BCUT2D eigenvalue weighted by Gasteiger charge is 2.18. The normalized spacial score (nSPS) is 10.9. The van der Waals surface area contributed by atoms with E-state index in [1.54, 1.807) is 48.1 Å². The first-order valence-corrected chi connectivity index (χ1v) is 9.24. The third-order valence-corrected chi connectivity index (χ3v) is 5.06. The Morgan fingerprint density at radius 2 is 2.07 bits per heavy atom. The Balaban J connectivity index is 1.76. The predicted octanol–water partition coefficient (Wildman–Crippen LogP) is 4.95. The molecular formula is C21H16ClFN4O3. The van der Waals surface area contributed by atoms with Gasteiger partial charge in [0.15, 0.2) is 23.0 Å². The summed E-state index contributed by atoms with van der Waals surface area (Å²) in [7, 11) is 1.37. The van der Waals surface area contributed by atoms with Gasteiger partial charge in [-0.2, -0.15) is 0 Å². The largest absolute Gasteiger partial charge is 0.494 e. The van der Waals surface area contributed by atoms with Gasteiger partial charge in [0.1, 0.15) is 0 Å². The van der Waals surface area contributed by atoms with Crippen LogP contribution in [0.5, 0.6) is 5.75 Å². The van der Waals surface area contributed by atoms with Crippen LogP contribution in [0.15, 0.2) is 48.9 Å². The predicted molar refractivity (Wildman–Crippen MR) is 111 cm³/mol. The molecular weight excluding hydrogens is 411 g/mol. The summed E-state index contributed by atoms with van der Waals surface area (Å²) in [4.78, 5) is 19.9. The zero-order valence-electron chi connectivity index (χ0n) is 16.0. The molecule has 0 fully saturated rings. The van der Waals surface area contributed by atoms with Gasteiger partial charge in [-0.25, -0.2) is 19.2 Å². The van der Waals surface area contributed by atoms with E-state index in [2.05, 4.69) is 15.3 Å². The summed E-state index contributed by atoms with van der Waals surface area (Å²) >= 11 is 6.22. The number of halogens is 2. The van der Waals surface area contributed by atoms with Crippen LogP contribution in [0.2, 0.25) is 5.02 Å². The number of aryl methyl sites for hydroxylation is 1. The van der Waals surface area contributed by atoms with Crippen molar-refractivity contribution in [3.05, 3.63) is 70.9 Å². The van der Waals surface area contributed by atoms with E-state index in [9.17, 15) is 14.3 Å². The molecule has 0 bridgehead atoms. The van der Waals surface area contributed by atoms with Crippen molar-refractivity contribution in [1.82, 2.24) is 14.4 Å². The van der Waals surface area contributed by atoms with Crippen LogP contribution in [0.4, 0.5) is 15.9 Å². The van der Waals surface area contributed by atoms with Gasteiger partial charge in [-0.15, -0.1) is 0 Å². The molecule has 2 N–H and O–H groups in total. The third kappa shape index (κ3) is 3.31. The standard InChI is InChI=1S/C21H16ClFN4O3/c1-11-9-12(3-4-13(11)21(28)29)26-19-20-25-10-15(27(20)8-7-24-19)14-5-6-16(30-2)18(23)17(14)22/h3-10H,1-2H3,(H,24,26)(H,28,29).